The minimum Gasteiger partial charge on any atom is -0.478 e. The summed E-state index contributed by atoms with van der Waals surface area (Å²) in [5.41, 5.74) is 0.275. The van der Waals surface area contributed by atoms with Crippen molar-refractivity contribution in [2.75, 3.05) is 0 Å². The SMILES string of the molecule is C[C@@H](NC(=O)C(C)(C)C)c1ccc(Br)cc1C(=O)O. The Kier molecular flexibility index (Phi) is 4.74. The van der Waals surface area contributed by atoms with Gasteiger partial charge in [-0.1, -0.05) is 42.8 Å². The molecule has 1 atom stereocenters. The normalized spacial score (nSPS) is 12.9. The zero-order valence-corrected chi connectivity index (χ0v) is 13.0. The maximum atomic E-state index is 11.9. The smallest absolute Gasteiger partial charge is 0.336 e. The third-order valence-corrected chi connectivity index (χ3v) is 3.23. The second-order valence-corrected chi connectivity index (χ2v) is 6.40. The molecule has 0 heterocycles. The van der Waals surface area contributed by atoms with E-state index < -0.39 is 11.4 Å². The van der Waals surface area contributed by atoms with Gasteiger partial charge in [-0.2, -0.15) is 0 Å². The summed E-state index contributed by atoms with van der Waals surface area (Å²) in [5, 5.41) is 12.0. The lowest BCUT2D eigenvalue weighted by atomic mass is 9.94. The maximum Gasteiger partial charge on any atom is 0.336 e. The third-order valence-electron chi connectivity index (χ3n) is 2.74. The number of hydrogen-bond acceptors (Lipinski definition) is 2. The van der Waals surface area contributed by atoms with Crippen LogP contribution in [0.4, 0.5) is 0 Å². The molecule has 0 spiro atoms. The van der Waals surface area contributed by atoms with Crippen LogP contribution in [-0.4, -0.2) is 17.0 Å². The molecule has 2 N–H and O–H groups in total. The molecule has 0 bridgehead atoms. The Morgan fingerprint density at radius 3 is 2.37 bits per heavy atom. The Bertz CT molecular complexity index is 506. The number of hydrogen-bond donors (Lipinski definition) is 2. The second kappa shape index (κ2) is 5.74. The summed E-state index contributed by atoms with van der Waals surface area (Å²) in [6.45, 7) is 7.22. The summed E-state index contributed by atoms with van der Waals surface area (Å²) in [6.07, 6.45) is 0. The third kappa shape index (κ3) is 4.06. The number of halogens is 1. The van der Waals surface area contributed by atoms with Crippen LogP contribution in [0.5, 0.6) is 0 Å². The van der Waals surface area contributed by atoms with E-state index in [0.29, 0.717) is 10.0 Å². The monoisotopic (exact) mass is 327 g/mol. The summed E-state index contributed by atoms with van der Waals surface area (Å²) in [4.78, 5) is 23.2. The van der Waals surface area contributed by atoms with Crippen LogP contribution >= 0.6 is 15.9 Å². The van der Waals surface area contributed by atoms with Crippen LogP contribution in [0.2, 0.25) is 0 Å². The van der Waals surface area contributed by atoms with Crippen molar-refractivity contribution in [1.29, 1.82) is 0 Å². The number of amides is 1. The molecule has 5 heteroatoms. The summed E-state index contributed by atoms with van der Waals surface area (Å²) >= 11 is 3.25. The lowest BCUT2D eigenvalue weighted by Crippen LogP contribution is -2.36. The summed E-state index contributed by atoms with van der Waals surface area (Å²) < 4.78 is 0.697. The number of carbonyl (C=O) groups excluding carboxylic acids is 1. The van der Waals surface area contributed by atoms with Crippen molar-refractivity contribution >= 4 is 27.8 Å². The van der Waals surface area contributed by atoms with E-state index in [2.05, 4.69) is 21.2 Å². The molecule has 1 aromatic carbocycles. The molecule has 1 rings (SSSR count). The maximum absolute atomic E-state index is 11.9. The Morgan fingerprint density at radius 2 is 1.89 bits per heavy atom. The van der Waals surface area contributed by atoms with Crippen molar-refractivity contribution in [3.8, 4) is 0 Å². The van der Waals surface area contributed by atoms with Crippen LogP contribution in [0.15, 0.2) is 22.7 Å². The van der Waals surface area contributed by atoms with Crippen molar-refractivity contribution in [2.45, 2.75) is 33.7 Å². The molecule has 0 unspecified atom stereocenters. The van der Waals surface area contributed by atoms with Gasteiger partial charge < -0.3 is 10.4 Å². The van der Waals surface area contributed by atoms with E-state index in [1.165, 1.54) is 6.07 Å². The molecule has 0 fully saturated rings. The molecule has 0 saturated carbocycles. The lowest BCUT2D eigenvalue weighted by Gasteiger charge is -2.23. The van der Waals surface area contributed by atoms with E-state index in [1.807, 2.05) is 20.8 Å². The van der Waals surface area contributed by atoms with Gasteiger partial charge in [-0.3, -0.25) is 4.79 Å². The molecule has 0 aromatic heterocycles. The fourth-order valence-corrected chi connectivity index (χ4v) is 1.94. The van der Waals surface area contributed by atoms with E-state index >= 15 is 0 Å². The van der Waals surface area contributed by atoms with Crippen LogP contribution in [-0.2, 0) is 4.79 Å². The first-order valence-corrected chi connectivity index (χ1v) is 6.76. The summed E-state index contributed by atoms with van der Waals surface area (Å²) in [5.74, 6) is -1.12. The van der Waals surface area contributed by atoms with Gasteiger partial charge in [0.05, 0.1) is 11.6 Å². The van der Waals surface area contributed by atoms with E-state index in [1.54, 1.807) is 19.1 Å². The largest absolute Gasteiger partial charge is 0.478 e. The van der Waals surface area contributed by atoms with Crippen LogP contribution in [0.1, 0.15) is 49.7 Å². The number of rotatable bonds is 3. The number of carboxylic acids is 1. The lowest BCUT2D eigenvalue weighted by molar-refractivity contribution is -0.129. The molecule has 1 aromatic rings. The Balaban J connectivity index is 3.03. The van der Waals surface area contributed by atoms with Crippen molar-refractivity contribution in [3.05, 3.63) is 33.8 Å². The average molecular weight is 328 g/mol. The zero-order valence-electron chi connectivity index (χ0n) is 11.5. The predicted octanol–water partition coefficient (Wildman–Crippen LogP) is 3.37. The van der Waals surface area contributed by atoms with Gasteiger partial charge in [0.25, 0.3) is 0 Å². The highest BCUT2D eigenvalue weighted by Crippen LogP contribution is 2.24. The second-order valence-electron chi connectivity index (χ2n) is 5.48. The molecule has 4 nitrogen and oxygen atoms in total. The first-order valence-electron chi connectivity index (χ1n) is 5.96. The first kappa shape index (κ1) is 15.7. The topological polar surface area (TPSA) is 66.4 Å². The van der Waals surface area contributed by atoms with E-state index in [4.69, 9.17) is 0 Å². The van der Waals surface area contributed by atoms with Gasteiger partial charge in [0.15, 0.2) is 0 Å². The minimum atomic E-state index is -1.01. The van der Waals surface area contributed by atoms with Crippen LogP contribution in [0.25, 0.3) is 0 Å². The fraction of sp³-hybridized carbons (Fsp3) is 0.429. The molecule has 0 saturated heterocycles. The molecule has 1 amide bonds. The fourth-order valence-electron chi connectivity index (χ4n) is 1.58. The quantitative estimate of drug-likeness (QED) is 0.894. The number of nitrogens with one attached hydrogen (secondary N) is 1. The molecule has 0 aliphatic heterocycles. The van der Waals surface area contributed by atoms with Gasteiger partial charge in [-0.15, -0.1) is 0 Å². The first-order chi connectivity index (χ1) is 8.62. The highest BCUT2D eigenvalue weighted by atomic mass is 79.9. The highest BCUT2D eigenvalue weighted by molar-refractivity contribution is 9.10. The Morgan fingerprint density at radius 1 is 1.32 bits per heavy atom. The van der Waals surface area contributed by atoms with Crippen LogP contribution in [0, 0.1) is 5.41 Å². The minimum absolute atomic E-state index is 0.112. The van der Waals surface area contributed by atoms with Gasteiger partial charge in [0.2, 0.25) is 5.91 Å². The number of aromatic carboxylic acids is 1. The standard InChI is InChI=1S/C14H18BrNO3/c1-8(16-13(19)14(2,3)4)10-6-5-9(15)7-11(10)12(17)18/h5-8H,1-4H3,(H,16,19)(H,17,18)/t8-/m1/s1. The zero-order chi connectivity index (χ0) is 14.8. The van der Waals surface area contributed by atoms with Gasteiger partial charge in [-0.25, -0.2) is 4.79 Å². The van der Waals surface area contributed by atoms with Crippen LogP contribution in [0.3, 0.4) is 0 Å². The van der Waals surface area contributed by atoms with Gasteiger partial charge in [0, 0.05) is 9.89 Å². The number of benzene rings is 1. The molecule has 104 valence electrons. The van der Waals surface area contributed by atoms with E-state index in [-0.39, 0.29) is 17.5 Å². The van der Waals surface area contributed by atoms with Gasteiger partial charge in [0.1, 0.15) is 0 Å². The van der Waals surface area contributed by atoms with E-state index in [9.17, 15) is 14.7 Å². The molecule has 0 radical (unpaired) electrons. The summed E-state index contributed by atoms with van der Waals surface area (Å²) in [7, 11) is 0. The van der Waals surface area contributed by atoms with Gasteiger partial charge in [-0.05, 0) is 24.6 Å². The number of carboxylic acid groups (broad SMARTS) is 1. The Labute approximate surface area is 121 Å². The van der Waals surface area contributed by atoms with Crippen molar-refractivity contribution in [1.82, 2.24) is 5.32 Å². The molecule has 0 aliphatic carbocycles. The predicted molar refractivity (Wildman–Crippen MR) is 77.1 cm³/mol. The Hall–Kier alpha value is -1.36. The van der Waals surface area contributed by atoms with Crippen molar-refractivity contribution in [2.24, 2.45) is 5.41 Å². The molecule has 19 heavy (non-hydrogen) atoms. The molecular weight excluding hydrogens is 310 g/mol. The van der Waals surface area contributed by atoms with Crippen molar-refractivity contribution < 1.29 is 14.7 Å². The molecular formula is C14H18BrNO3. The van der Waals surface area contributed by atoms with Crippen LogP contribution < -0.4 is 5.32 Å². The van der Waals surface area contributed by atoms with Gasteiger partial charge >= 0.3 is 5.97 Å². The average Bonchev–Trinajstić information content (AvgIpc) is 2.27. The summed E-state index contributed by atoms with van der Waals surface area (Å²) in [6, 6.07) is 4.66. The molecule has 0 aliphatic rings. The van der Waals surface area contributed by atoms with E-state index in [0.717, 1.165) is 0 Å². The number of carbonyl (C=O) groups is 2. The van der Waals surface area contributed by atoms with Crippen molar-refractivity contribution in [3.63, 3.8) is 0 Å². The highest BCUT2D eigenvalue weighted by Gasteiger charge is 2.24.